The number of nitrogens with one attached hydrogen (secondary N) is 1. The predicted octanol–water partition coefficient (Wildman–Crippen LogP) is 3.04. The van der Waals surface area contributed by atoms with Gasteiger partial charge in [0.05, 0.1) is 9.79 Å². The van der Waals surface area contributed by atoms with Gasteiger partial charge in [-0.1, -0.05) is 30.2 Å². The molecule has 0 aliphatic carbocycles. The zero-order valence-electron chi connectivity index (χ0n) is 15.3. The highest BCUT2D eigenvalue weighted by Crippen LogP contribution is 2.21. The summed E-state index contributed by atoms with van der Waals surface area (Å²) in [6.45, 7) is 1.34. The Labute approximate surface area is 171 Å². The maximum Gasteiger partial charge on any atom is 0.243 e. The van der Waals surface area contributed by atoms with Crippen molar-refractivity contribution in [2.45, 2.75) is 35.5 Å². The molecular weight excluding hydrogens is 420 g/mol. The van der Waals surface area contributed by atoms with Crippen molar-refractivity contribution in [3.05, 3.63) is 59.1 Å². The summed E-state index contributed by atoms with van der Waals surface area (Å²) in [5, 5.41) is 0.471. The van der Waals surface area contributed by atoms with E-state index in [1.807, 2.05) is 0 Å². The molecule has 2 aromatic rings. The van der Waals surface area contributed by atoms with Gasteiger partial charge >= 0.3 is 0 Å². The van der Waals surface area contributed by atoms with Crippen LogP contribution in [-0.4, -0.2) is 40.8 Å². The van der Waals surface area contributed by atoms with Crippen LogP contribution < -0.4 is 4.72 Å². The molecule has 0 atom stereocenters. The molecule has 1 aliphatic heterocycles. The molecule has 1 aliphatic rings. The van der Waals surface area contributed by atoms with Gasteiger partial charge in [0, 0.05) is 24.7 Å². The van der Waals surface area contributed by atoms with Gasteiger partial charge in [-0.15, -0.1) is 0 Å². The van der Waals surface area contributed by atoms with Gasteiger partial charge in [-0.05, 0) is 61.2 Å². The summed E-state index contributed by atoms with van der Waals surface area (Å²) in [6, 6.07) is 12.6. The summed E-state index contributed by atoms with van der Waals surface area (Å²) in [4.78, 5) is 0.430. The minimum atomic E-state index is -3.60. The first-order valence-electron chi connectivity index (χ1n) is 9.13. The highest BCUT2D eigenvalue weighted by atomic mass is 35.5. The maximum absolute atomic E-state index is 12.6. The average molecular weight is 443 g/mol. The Bertz CT molecular complexity index is 999. The molecule has 0 saturated carbocycles. The number of nitrogens with zero attached hydrogens (tertiary/aromatic N) is 1. The lowest BCUT2D eigenvalue weighted by Crippen LogP contribution is -2.35. The monoisotopic (exact) mass is 442 g/mol. The molecule has 2 aromatic carbocycles. The standard InChI is InChI=1S/C19H23ClN2O4S2/c20-17-6-10-18(11-7-17)27(23,24)21-13-12-16-4-8-19(9-5-16)28(25,26)22-14-2-1-3-15-22/h4-11,21H,1-3,12-15H2. The van der Waals surface area contributed by atoms with Crippen LogP contribution in [0.15, 0.2) is 58.3 Å². The van der Waals surface area contributed by atoms with Gasteiger partial charge in [-0.2, -0.15) is 4.31 Å². The normalized spacial score (nSPS) is 16.2. The molecule has 0 bridgehead atoms. The molecule has 0 radical (unpaired) electrons. The zero-order chi connectivity index (χ0) is 20.2. The van der Waals surface area contributed by atoms with Crippen molar-refractivity contribution < 1.29 is 16.8 Å². The highest BCUT2D eigenvalue weighted by molar-refractivity contribution is 7.89. The zero-order valence-corrected chi connectivity index (χ0v) is 17.7. The Hall–Kier alpha value is -1.45. The van der Waals surface area contributed by atoms with E-state index in [1.165, 1.54) is 28.6 Å². The van der Waals surface area contributed by atoms with E-state index in [0.29, 0.717) is 24.5 Å². The first kappa shape index (κ1) is 21.3. The highest BCUT2D eigenvalue weighted by Gasteiger charge is 2.25. The predicted molar refractivity (Wildman–Crippen MR) is 109 cm³/mol. The van der Waals surface area contributed by atoms with Crippen molar-refractivity contribution >= 4 is 31.6 Å². The van der Waals surface area contributed by atoms with Crippen LogP contribution in [0.1, 0.15) is 24.8 Å². The fourth-order valence-corrected chi connectivity index (χ4v) is 5.78. The second-order valence-electron chi connectivity index (χ2n) is 6.71. The number of piperidine rings is 1. The summed E-state index contributed by atoms with van der Waals surface area (Å²) >= 11 is 5.78. The van der Waals surface area contributed by atoms with Crippen LogP contribution in [0.25, 0.3) is 0 Å². The fourth-order valence-electron chi connectivity index (χ4n) is 3.11. The number of hydrogen-bond donors (Lipinski definition) is 1. The van der Waals surface area contributed by atoms with Crippen LogP contribution in [0, 0.1) is 0 Å². The third-order valence-electron chi connectivity index (χ3n) is 4.71. The molecule has 1 saturated heterocycles. The lowest BCUT2D eigenvalue weighted by Gasteiger charge is -2.25. The Morgan fingerprint density at radius 3 is 2.00 bits per heavy atom. The van der Waals surface area contributed by atoms with Crippen LogP contribution >= 0.6 is 11.6 Å². The van der Waals surface area contributed by atoms with Crippen LogP contribution in [0.4, 0.5) is 0 Å². The van der Waals surface area contributed by atoms with Crippen molar-refractivity contribution in [1.82, 2.24) is 9.03 Å². The van der Waals surface area contributed by atoms with E-state index in [0.717, 1.165) is 24.8 Å². The van der Waals surface area contributed by atoms with E-state index in [4.69, 9.17) is 11.6 Å². The molecule has 0 spiro atoms. The molecule has 152 valence electrons. The average Bonchev–Trinajstić information content (AvgIpc) is 2.69. The first-order valence-corrected chi connectivity index (χ1v) is 12.4. The number of rotatable bonds is 7. The van der Waals surface area contributed by atoms with Crippen molar-refractivity contribution in [2.75, 3.05) is 19.6 Å². The Morgan fingerprint density at radius 2 is 1.39 bits per heavy atom. The third-order valence-corrected chi connectivity index (χ3v) is 8.35. The van der Waals surface area contributed by atoms with Crippen LogP contribution in [-0.2, 0) is 26.5 Å². The summed E-state index contributed by atoms with van der Waals surface area (Å²) in [6.07, 6.45) is 3.31. The van der Waals surface area contributed by atoms with Crippen LogP contribution in [0.3, 0.4) is 0 Å². The quantitative estimate of drug-likeness (QED) is 0.714. The number of halogens is 1. The minimum absolute atomic E-state index is 0.153. The van der Waals surface area contributed by atoms with Crippen molar-refractivity contribution in [2.24, 2.45) is 0 Å². The Balaban J connectivity index is 1.59. The van der Waals surface area contributed by atoms with E-state index >= 15 is 0 Å². The molecule has 9 heteroatoms. The van der Waals surface area contributed by atoms with Crippen LogP contribution in [0.5, 0.6) is 0 Å². The number of hydrogen-bond acceptors (Lipinski definition) is 4. The maximum atomic E-state index is 12.6. The molecule has 0 unspecified atom stereocenters. The molecule has 1 fully saturated rings. The van der Waals surface area contributed by atoms with Gasteiger partial charge in [0.15, 0.2) is 0 Å². The molecular formula is C19H23ClN2O4S2. The molecule has 28 heavy (non-hydrogen) atoms. The van der Waals surface area contributed by atoms with Gasteiger partial charge in [0.1, 0.15) is 0 Å². The Kier molecular flexibility index (Phi) is 6.77. The largest absolute Gasteiger partial charge is 0.243 e. The van der Waals surface area contributed by atoms with E-state index in [9.17, 15) is 16.8 Å². The van der Waals surface area contributed by atoms with Gasteiger partial charge in [-0.3, -0.25) is 0 Å². The molecule has 1 N–H and O–H groups in total. The second-order valence-corrected chi connectivity index (χ2v) is 10.9. The van der Waals surface area contributed by atoms with Gasteiger partial charge in [0.2, 0.25) is 20.0 Å². The molecule has 6 nitrogen and oxygen atoms in total. The van der Waals surface area contributed by atoms with Crippen LogP contribution in [0.2, 0.25) is 5.02 Å². The van der Waals surface area contributed by atoms with Gasteiger partial charge in [0.25, 0.3) is 0 Å². The molecule has 0 amide bonds. The molecule has 0 aromatic heterocycles. The lowest BCUT2D eigenvalue weighted by molar-refractivity contribution is 0.346. The summed E-state index contributed by atoms with van der Waals surface area (Å²) in [5.74, 6) is 0. The van der Waals surface area contributed by atoms with Crippen molar-refractivity contribution in [3.63, 3.8) is 0 Å². The fraction of sp³-hybridized carbons (Fsp3) is 0.368. The van der Waals surface area contributed by atoms with Gasteiger partial charge in [-0.25, -0.2) is 21.6 Å². The number of benzene rings is 2. The van der Waals surface area contributed by atoms with Crippen molar-refractivity contribution in [3.8, 4) is 0 Å². The summed E-state index contributed by atoms with van der Waals surface area (Å²) in [5.41, 5.74) is 0.858. The third kappa shape index (κ3) is 5.12. The number of sulfonamides is 2. The Morgan fingerprint density at radius 1 is 0.821 bits per heavy atom. The van der Waals surface area contributed by atoms with E-state index < -0.39 is 20.0 Å². The topological polar surface area (TPSA) is 83.5 Å². The second kappa shape index (κ2) is 8.92. The summed E-state index contributed by atoms with van der Waals surface area (Å²) in [7, 11) is -7.06. The lowest BCUT2D eigenvalue weighted by atomic mass is 10.2. The smallest absolute Gasteiger partial charge is 0.211 e. The summed E-state index contributed by atoms with van der Waals surface area (Å²) < 4.78 is 53.9. The molecule has 3 rings (SSSR count). The van der Waals surface area contributed by atoms with E-state index in [1.54, 1.807) is 24.3 Å². The minimum Gasteiger partial charge on any atom is -0.211 e. The van der Waals surface area contributed by atoms with Gasteiger partial charge < -0.3 is 0 Å². The van der Waals surface area contributed by atoms with E-state index in [-0.39, 0.29) is 16.3 Å². The molecule has 1 heterocycles. The van der Waals surface area contributed by atoms with E-state index in [2.05, 4.69) is 4.72 Å². The SMILES string of the molecule is O=S(=O)(NCCc1ccc(S(=O)(=O)N2CCCCC2)cc1)c1ccc(Cl)cc1. The first-order chi connectivity index (χ1) is 13.3. The van der Waals surface area contributed by atoms with Crippen molar-refractivity contribution in [1.29, 1.82) is 0 Å².